The maximum Gasteiger partial charge on any atom is 0.253 e. The summed E-state index contributed by atoms with van der Waals surface area (Å²) in [5.74, 6) is 1.83. The largest absolute Gasteiger partial charge is 0.454 e. The van der Waals surface area contributed by atoms with Crippen LogP contribution < -0.4 is 14.8 Å². The number of ether oxygens (including phenoxy) is 2. The number of carbonyl (C=O) groups excluding carboxylic acids is 2. The fourth-order valence-corrected chi connectivity index (χ4v) is 6.10. The van der Waals surface area contributed by atoms with Gasteiger partial charge in [0.2, 0.25) is 12.7 Å². The first-order valence-corrected chi connectivity index (χ1v) is 12.2. The van der Waals surface area contributed by atoms with E-state index in [4.69, 9.17) is 9.47 Å². The molecule has 1 N–H and O–H groups in total. The third kappa shape index (κ3) is 3.65. The standard InChI is InChI=1S/C27H30N2O4/c30-25(28-20-4-3-5-20)15-19-16-27(22-7-2-1-6-21(19)22)10-12-29(13-11-27)26(31)18-8-9-23-24(14-18)33-17-32-23/h1-2,6-9,14,19-20H,3-5,10-13,15-17H2,(H,28,30). The monoisotopic (exact) mass is 446 g/mol. The molecule has 2 aliphatic heterocycles. The van der Waals surface area contributed by atoms with Crippen molar-refractivity contribution in [2.24, 2.45) is 0 Å². The first-order valence-electron chi connectivity index (χ1n) is 12.2. The Kier molecular flexibility index (Phi) is 5.04. The highest BCUT2D eigenvalue weighted by atomic mass is 16.7. The van der Waals surface area contributed by atoms with Crippen LogP contribution in [-0.4, -0.2) is 42.6 Å². The topological polar surface area (TPSA) is 67.9 Å². The highest BCUT2D eigenvalue weighted by molar-refractivity contribution is 5.95. The molecule has 6 nitrogen and oxygen atoms in total. The minimum atomic E-state index is 0.0471. The van der Waals surface area contributed by atoms with E-state index >= 15 is 0 Å². The Bertz CT molecular complexity index is 1090. The van der Waals surface area contributed by atoms with Gasteiger partial charge in [0.15, 0.2) is 11.5 Å². The average molecular weight is 447 g/mol. The molecule has 2 aliphatic carbocycles. The number of nitrogens with zero attached hydrogens (tertiary/aromatic N) is 1. The second kappa shape index (κ2) is 8.08. The van der Waals surface area contributed by atoms with Crippen molar-refractivity contribution in [1.82, 2.24) is 10.2 Å². The van der Waals surface area contributed by atoms with E-state index in [-0.39, 0.29) is 29.9 Å². The van der Waals surface area contributed by atoms with E-state index in [2.05, 4.69) is 29.6 Å². The minimum absolute atomic E-state index is 0.0471. The number of nitrogens with one attached hydrogen (secondary N) is 1. The van der Waals surface area contributed by atoms with Gasteiger partial charge in [0.1, 0.15) is 0 Å². The lowest BCUT2D eigenvalue weighted by molar-refractivity contribution is -0.122. The molecule has 2 fully saturated rings. The zero-order chi connectivity index (χ0) is 22.4. The van der Waals surface area contributed by atoms with E-state index < -0.39 is 0 Å². The van der Waals surface area contributed by atoms with Crippen molar-refractivity contribution in [3.63, 3.8) is 0 Å². The Hall–Kier alpha value is -3.02. The van der Waals surface area contributed by atoms with Crippen LogP contribution in [0.3, 0.4) is 0 Å². The number of rotatable bonds is 4. The van der Waals surface area contributed by atoms with Gasteiger partial charge < -0.3 is 19.7 Å². The highest BCUT2D eigenvalue weighted by Crippen LogP contribution is 2.52. The lowest BCUT2D eigenvalue weighted by atomic mass is 9.73. The second-order valence-corrected chi connectivity index (χ2v) is 10.0. The summed E-state index contributed by atoms with van der Waals surface area (Å²) in [6, 6.07) is 14.5. The molecular weight excluding hydrogens is 416 g/mol. The SMILES string of the molecule is O=C(CC1CC2(CCN(C(=O)c3ccc4c(c3)OCO4)CC2)c2ccccc21)NC1CCC1. The molecule has 1 saturated heterocycles. The van der Waals surface area contributed by atoms with E-state index in [1.54, 1.807) is 6.07 Å². The van der Waals surface area contributed by atoms with E-state index in [0.29, 0.717) is 29.5 Å². The molecule has 1 unspecified atom stereocenters. The van der Waals surface area contributed by atoms with Crippen LogP contribution in [0.4, 0.5) is 0 Å². The smallest absolute Gasteiger partial charge is 0.253 e. The number of hydrogen-bond acceptors (Lipinski definition) is 4. The third-order valence-electron chi connectivity index (χ3n) is 8.14. The molecule has 0 bridgehead atoms. The maximum absolute atomic E-state index is 13.2. The van der Waals surface area contributed by atoms with Crippen molar-refractivity contribution in [3.05, 3.63) is 59.2 Å². The molecule has 1 saturated carbocycles. The number of hydrogen-bond donors (Lipinski definition) is 1. The van der Waals surface area contributed by atoms with E-state index in [0.717, 1.165) is 45.2 Å². The van der Waals surface area contributed by atoms with Crippen LogP contribution in [0.1, 0.15) is 72.3 Å². The number of amides is 2. The van der Waals surface area contributed by atoms with Gasteiger partial charge in [-0.2, -0.15) is 0 Å². The van der Waals surface area contributed by atoms with E-state index in [1.165, 1.54) is 17.5 Å². The van der Waals surface area contributed by atoms with Gasteiger partial charge in [-0.25, -0.2) is 0 Å². The fourth-order valence-electron chi connectivity index (χ4n) is 6.10. The van der Waals surface area contributed by atoms with Gasteiger partial charge in [-0.3, -0.25) is 9.59 Å². The molecule has 1 atom stereocenters. The zero-order valence-corrected chi connectivity index (χ0v) is 18.8. The van der Waals surface area contributed by atoms with Gasteiger partial charge in [0.05, 0.1) is 0 Å². The summed E-state index contributed by atoms with van der Waals surface area (Å²) in [7, 11) is 0. The molecular formula is C27H30N2O4. The highest BCUT2D eigenvalue weighted by Gasteiger charge is 2.46. The van der Waals surface area contributed by atoms with Crippen LogP contribution in [0, 0.1) is 0 Å². The molecule has 0 aromatic heterocycles. The molecule has 2 aromatic carbocycles. The molecule has 6 rings (SSSR count). The van der Waals surface area contributed by atoms with Crippen molar-refractivity contribution in [2.75, 3.05) is 19.9 Å². The van der Waals surface area contributed by atoms with Crippen LogP contribution >= 0.6 is 0 Å². The lowest BCUT2D eigenvalue weighted by Crippen LogP contribution is -2.44. The van der Waals surface area contributed by atoms with Crippen LogP contribution in [0.15, 0.2) is 42.5 Å². The first-order chi connectivity index (χ1) is 16.1. The molecule has 2 heterocycles. The predicted octanol–water partition coefficient (Wildman–Crippen LogP) is 4.14. The van der Waals surface area contributed by atoms with Gasteiger partial charge in [0.25, 0.3) is 5.91 Å². The van der Waals surface area contributed by atoms with Gasteiger partial charge in [-0.15, -0.1) is 0 Å². The molecule has 1 spiro atoms. The summed E-state index contributed by atoms with van der Waals surface area (Å²) >= 11 is 0. The molecule has 172 valence electrons. The van der Waals surface area contributed by atoms with E-state index in [1.807, 2.05) is 17.0 Å². The Morgan fingerprint density at radius 1 is 1.03 bits per heavy atom. The van der Waals surface area contributed by atoms with Crippen molar-refractivity contribution in [2.45, 2.75) is 62.3 Å². The summed E-state index contributed by atoms with van der Waals surface area (Å²) in [6.45, 7) is 1.66. The fraction of sp³-hybridized carbons (Fsp3) is 0.481. The quantitative estimate of drug-likeness (QED) is 0.767. The van der Waals surface area contributed by atoms with Crippen molar-refractivity contribution in [3.8, 4) is 11.5 Å². The minimum Gasteiger partial charge on any atom is -0.454 e. The number of fused-ring (bicyclic) bond motifs is 3. The lowest BCUT2D eigenvalue weighted by Gasteiger charge is -2.40. The molecule has 2 amide bonds. The number of benzene rings is 2. The molecule has 6 heteroatoms. The normalized spacial score (nSPS) is 22.7. The number of likely N-dealkylation sites (tertiary alicyclic amines) is 1. The van der Waals surface area contributed by atoms with Crippen molar-refractivity contribution in [1.29, 1.82) is 0 Å². The third-order valence-corrected chi connectivity index (χ3v) is 8.14. The van der Waals surface area contributed by atoms with E-state index in [9.17, 15) is 9.59 Å². The zero-order valence-electron chi connectivity index (χ0n) is 18.8. The summed E-state index contributed by atoms with van der Waals surface area (Å²) < 4.78 is 10.8. The molecule has 4 aliphatic rings. The Morgan fingerprint density at radius 2 is 1.82 bits per heavy atom. The first kappa shape index (κ1) is 20.6. The number of piperidine rings is 1. The second-order valence-electron chi connectivity index (χ2n) is 10.0. The van der Waals surface area contributed by atoms with Gasteiger partial charge >= 0.3 is 0 Å². The maximum atomic E-state index is 13.2. The summed E-state index contributed by atoms with van der Waals surface area (Å²) in [5, 5.41) is 3.21. The van der Waals surface area contributed by atoms with Crippen LogP contribution in [0.2, 0.25) is 0 Å². The molecule has 2 aromatic rings. The molecule has 0 radical (unpaired) electrons. The van der Waals surface area contributed by atoms with Gasteiger partial charge in [0, 0.05) is 31.1 Å². The predicted molar refractivity (Wildman–Crippen MR) is 124 cm³/mol. The Balaban J connectivity index is 1.15. The van der Waals surface area contributed by atoms with Gasteiger partial charge in [-0.05, 0) is 79.2 Å². The van der Waals surface area contributed by atoms with Crippen LogP contribution in [0.5, 0.6) is 11.5 Å². The summed E-state index contributed by atoms with van der Waals surface area (Å²) in [5.41, 5.74) is 3.43. The summed E-state index contributed by atoms with van der Waals surface area (Å²) in [4.78, 5) is 27.8. The van der Waals surface area contributed by atoms with Gasteiger partial charge in [-0.1, -0.05) is 24.3 Å². The Morgan fingerprint density at radius 3 is 2.61 bits per heavy atom. The molecule has 33 heavy (non-hydrogen) atoms. The Labute approximate surface area is 194 Å². The van der Waals surface area contributed by atoms with Crippen molar-refractivity contribution < 1.29 is 19.1 Å². The summed E-state index contributed by atoms with van der Waals surface area (Å²) in [6.07, 6.45) is 6.88. The average Bonchev–Trinajstić information content (AvgIpc) is 3.39. The number of carbonyl (C=O) groups is 2. The van der Waals surface area contributed by atoms with Crippen LogP contribution in [-0.2, 0) is 10.2 Å². The van der Waals surface area contributed by atoms with Crippen LogP contribution in [0.25, 0.3) is 0 Å². The van der Waals surface area contributed by atoms with Crippen molar-refractivity contribution >= 4 is 11.8 Å².